The van der Waals surface area contributed by atoms with Gasteiger partial charge in [-0.1, -0.05) is 18.2 Å². The zero-order chi connectivity index (χ0) is 13.1. The Balaban J connectivity index is 2.06. The smallest absolute Gasteiger partial charge is 0.235 e. The lowest BCUT2D eigenvalue weighted by Gasteiger charge is -2.20. The van der Waals surface area contributed by atoms with Crippen LogP contribution in [-0.4, -0.2) is 22.6 Å². The molecule has 2 N–H and O–H groups in total. The van der Waals surface area contributed by atoms with Crippen molar-refractivity contribution >= 4 is 28.5 Å². The highest BCUT2D eigenvalue weighted by atomic mass is 16.2. The van der Waals surface area contributed by atoms with Crippen LogP contribution in [0.5, 0.6) is 0 Å². The van der Waals surface area contributed by atoms with Gasteiger partial charge in [0.25, 0.3) is 0 Å². The second kappa shape index (κ2) is 3.32. The van der Waals surface area contributed by atoms with Crippen molar-refractivity contribution in [3.8, 4) is 0 Å². The number of rotatable bonds is 0. The average Bonchev–Trinajstić information content (AvgIpc) is 2.89. The van der Waals surface area contributed by atoms with Crippen molar-refractivity contribution in [3.63, 3.8) is 0 Å². The van der Waals surface area contributed by atoms with Crippen molar-refractivity contribution in [3.05, 3.63) is 35.5 Å². The third kappa shape index (κ3) is 1.22. The lowest BCUT2D eigenvalue weighted by atomic mass is 9.77. The molecule has 0 bridgehead atoms. The number of imide groups is 1. The van der Waals surface area contributed by atoms with Gasteiger partial charge in [-0.2, -0.15) is 0 Å². The van der Waals surface area contributed by atoms with E-state index >= 15 is 0 Å². The molecular weight excluding hydrogens is 244 g/mol. The molecule has 5 nitrogen and oxygen atoms in total. The second-order valence-electron chi connectivity index (χ2n) is 5.02. The van der Waals surface area contributed by atoms with E-state index in [0.717, 1.165) is 10.9 Å². The number of H-pyrrole nitrogens is 1. The third-order valence-electron chi connectivity index (χ3n) is 4.01. The number of para-hydroxylation sites is 1. The number of amides is 2. The molecule has 1 aromatic carbocycles. The number of aromatic nitrogens is 1. The number of carbonyl (C=O) groups is 3. The highest BCUT2D eigenvalue weighted by Gasteiger charge is 2.49. The van der Waals surface area contributed by atoms with Gasteiger partial charge in [0.2, 0.25) is 11.8 Å². The molecule has 2 aromatic rings. The zero-order valence-corrected chi connectivity index (χ0v) is 9.90. The molecule has 2 heterocycles. The van der Waals surface area contributed by atoms with E-state index in [1.54, 1.807) is 0 Å². The molecule has 1 saturated heterocycles. The molecule has 94 valence electrons. The van der Waals surface area contributed by atoms with E-state index in [9.17, 15) is 14.4 Å². The summed E-state index contributed by atoms with van der Waals surface area (Å²) in [4.78, 5) is 38.9. The molecule has 1 aliphatic carbocycles. The lowest BCUT2D eigenvalue weighted by Crippen LogP contribution is -2.26. The summed E-state index contributed by atoms with van der Waals surface area (Å²) in [7, 11) is 0. The van der Waals surface area contributed by atoms with Crippen molar-refractivity contribution in [2.75, 3.05) is 0 Å². The first kappa shape index (κ1) is 10.5. The van der Waals surface area contributed by atoms with Crippen LogP contribution in [0.4, 0.5) is 0 Å². The van der Waals surface area contributed by atoms with Gasteiger partial charge >= 0.3 is 0 Å². The van der Waals surface area contributed by atoms with Crippen molar-refractivity contribution < 1.29 is 14.4 Å². The minimum atomic E-state index is -0.549. The first-order valence-corrected chi connectivity index (χ1v) is 6.15. The van der Waals surface area contributed by atoms with Crippen LogP contribution in [0.2, 0.25) is 0 Å². The molecule has 1 aliphatic heterocycles. The maximum Gasteiger partial charge on any atom is 0.235 e. The molecule has 0 radical (unpaired) electrons. The average molecular weight is 254 g/mol. The van der Waals surface area contributed by atoms with E-state index in [1.165, 1.54) is 0 Å². The van der Waals surface area contributed by atoms with Gasteiger partial charge < -0.3 is 4.98 Å². The highest BCUT2D eigenvalue weighted by Crippen LogP contribution is 2.43. The van der Waals surface area contributed by atoms with Crippen LogP contribution in [-0.2, 0) is 9.59 Å². The number of fused-ring (bicyclic) bond motifs is 5. The van der Waals surface area contributed by atoms with Crippen molar-refractivity contribution in [2.45, 2.75) is 12.3 Å². The van der Waals surface area contributed by atoms with Crippen molar-refractivity contribution in [2.24, 2.45) is 5.92 Å². The van der Waals surface area contributed by atoms with Gasteiger partial charge in [-0.3, -0.25) is 19.7 Å². The largest absolute Gasteiger partial charge is 0.352 e. The summed E-state index contributed by atoms with van der Waals surface area (Å²) in [5.74, 6) is -1.81. The number of hydrogen-bond acceptors (Lipinski definition) is 3. The highest BCUT2D eigenvalue weighted by molar-refractivity contribution is 6.16. The lowest BCUT2D eigenvalue weighted by molar-refractivity contribution is -0.125. The summed E-state index contributed by atoms with van der Waals surface area (Å²) >= 11 is 0. The standard InChI is InChI=1S/C14H10N2O3/c17-9-5-7-11(14(19)16-13(7)18)10-6-3-1-2-4-8(6)15-12(9)10/h1-4,7,11,15H,5H2,(H,16,18,19)/t7-,11-/m1/s1. The zero-order valence-electron chi connectivity index (χ0n) is 9.90. The summed E-state index contributed by atoms with van der Waals surface area (Å²) in [6, 6.07) is 7.46. The van der Waals surface area contributed by atoms with E-state index in [2.05, 4.69) is 10.3 Å². The Kier molecular flexibility index (Phi) is 1.83. The van der Waals surface area contributed by atoms with Crippen LogP contribution in [0.1, 0.15) is 28.4 Å². The predicted octanol–water partition coefficient (Wildman–Crippen LogP) is 1.11. The van der Waals surface area contributed by atoms with Crippen molar-refractivity contribution in [1.82, 2.24) is 10.3 Å². The molecule has 2 amide bonds. The van der Waals surface area contributed by atoms with Crippen LogP contribution in [0, 0.1) is 5.92 Å². The molecule has 1 fully saturated rings. The number of Topliss-reactive ketones (excluding diaryl/α,β-unsaturated/α-hetero) is 1. The Morgan fingerprint density at radius 2 is 1.84 bits per heavy atom. The number of ketones is 1. The molecule has 1 aromatic heterocycles. The molecule has 2 aliphatic rings. The molecular formula is C14H10N2O3. The third-order valence-corrected chi connectivity index (χ3v) is 4.01. The normalized spacial score (nSPS) is 25.4. The fourth-order valence-electron chi connectivity index (χ4n) is 3.18. The Hall–Kier alpha value is -2.43. The first-order chi connectivity index (χ1) is 9.16. The van der Waals surface area contributed by atoms with Gasteiger partial charge in [-0.15, -0.1) is 0 Å². The van der Waals surface area contributed by atoms with Gasteiger partial charge in [0, 0.05) is 22.9 Å². The predicted molar refractivity (Wildman–Crippen MR) is 66.6 cm³/mol. The first-order valence-electron chi connectivity index (χ1n) is 6.15. The van der Waals surface area contributed by atoms with Crippen LogP contribution >= 0.6 is 0 Å². The van der Waals surface area contributed by atoms with Gasteiger partial charge in [0.05, 0.1) is 17.5 Å². The summed E-state index contributed by atoms with van der Waals surface area (Å²) in [6.07, 6.45) is 0.0993. The maximum atomic E-state index is 12.1. The van der Waals surface area contributed by atoms with E-state index in [0.29, 0.717) is 11.3 Å². The summed E-state index contributed by atoms with van der Waals surface area (Å²) < 4.78 is 0. The van der Waals surface area contributed by atoms with Gasteiger partial charge in [-0.05, 0) is 6.07 Å². The Morgan fingerprint density at radius 1 is 1.05 bits per heavy atom. The van der Waals surface area contributed by atoms with E-state index in [1.807, 2.05) is 24.3 Å². The molecule has 0 spiro atoms. The quantitative estimate of drug-likeness (QED) is 0.691. The van der Waals surface area contributed by atoms with Crippen molar-refractivity contribution in [1.29, 1.82) is 0 Å². The number of aromatic amines is 1. The topological polar surface area (TPSA) is 79.0 Å². The molecule has 0 saturated carbocycles. The molecule has 2 atom stereocenters. The molecule has 4 rings (SSSR count). The summed E-state index contributed by atoms with van der Waals surface area (Å²) in [5, 5.41) is 3.18. The number of nitrogens with one attached hydrogen (secondary N) is 2. The number of carbonyl (C=O) groups excluding carboxylic acids is 3. The molecule has 0 unspecified atom stereocenters. The Labute approximate surface area is 108 Å². The van der Waals surface area contributed by atoms with Gasteiger partial charge in [0.1, 0.15) is 0 Å². The fraction of sp³-hybridized carbons (Fsp3) is 0.214. The Bertz CT molecular complexity index is 759. The minimum absolute atomic E-state index is 0.0993. The number of benzene rings is 1. The van der Waals surface area contributed by atoms with Crippen LogP contribution in [0.15, 0.2) is 24.3 Å². The second-order valence-corrected chi connectivity index (χ2v) is 5.02. The van der Waals surface area contributed by atoms with E-state index in [4.69, 9.17) is 0 Å². The van der Waals surface area contributed by atoms with Gasteiger partial charge in [0.15, 0.2) is 5.78 Å². The van der Waals surface area contributed by atoms with Gasteiger partial charge in [-0.25, -0.2) is 0 Å². The van der Waals surface area contributed by atoms with E-state index in [-0.39, 0.29) is 24.0 Å². The molecule has 19 heavy (non-hydrogen) atoms. The Morgan fingerprint density at radius 3 is 2.68 bits per heavy atom. The maximum absolute atomic E-state index is 12.1. The summed E-state index contributed by atoms with van der Waals surface area (Å²) in [6.45, 7) is 0. The SMILES string of the molecule is O=C1C[C@H]2C(=O)NC(=O)[C@H]2c2c1[nH]c1ccccc21. The van der Waals surface area contributed by atoms with Crippen LogP contribution < -0.4 is 5.32 Å². The summed E-state index contributed by atoms with van der Waals surface area (Å²) in [5.41, 5.74) is 1.99. The minimum Gasteiger partial charge on any atom is -0.352 e. The van der Waals surface area contributed by atoms with Crippen LogP contribution in [0.25, 0.3) is 10.9 Å². The van der Waals surface area contributed by atoms with E-state index < -0.39 is 11.8 Å². The monoisotopic (exact) mass is 254 g/mol. The fourth-order valence-corrected chi connectivity index (χ4v) is 3.18. The number of hydrogen-bond donors (Lipinski definition) is 2. The molecule has 5 heteroatoms. The van der Waals surface area contributed by atoms with Crippen LogP contribution in [0.3, 0.4) is 0 Å².